The number of anilines is 2. The van der Waals surface area contributed by atoms with Crippen LogP contribution in [0.25, 0.3) is 0 Å². The van der Waals surface area contributed by atoms with Gasteiger partial charge in [-0.05, 0) is 36.4 Å². The lowest BCUT2D eigenvalue weighted by Crippen LogP contribution is -2.42. The van der Waals surface area contributed by atoms with Gasteiger partial charge in [0, 0.05) is 0 Å². The van der Waals surface area contributed by atoms with E-state index in [2.05, 4.69) is 15.4 Å². The van der Waals surface area contributed by atoms with Crippen molar-refractivity contribution in [2.75, 3.05) is 25.3 Å². The predicted molar refractivity (Wildman–Crippen MR) is 100 cm³/mol. The van der Waals surface area contributed by atoms with Crippen LogP contribution in [0.4, 0.5) is 11.4 Å². The number of nitrogens with two attached hydrogens (primary N) is 1. The Bertz CT molecular complexity index is 926. The molecule has 0 radical (unpaired) electrons. The van der Waals surface area contributed by atoms with Crippen LogP contribution in [0, 0.1) is 0 Å². The largest absolute Gasteiger partial charge is 0.497 e. The number of methoxy groups -OCH3 is 2. The molecule has 3 rings (SSSR count). The summed E-state index contributed by atoms with van der Waals surface area (Å²) in [6, 6.07) is 8.64. The molecular weight excluding hydrogens is 366 g/mol. The van der Waals surface area contributed by atoms with Crippen LogP contribution in [0.5, 0.6) is 17.2 Å². The van der Waals surface area contributed by atoms with Crippen molar-refractivity contribution in [1.82, 2.24) is 5.32 Å². The number of hydrogen-bond donors (Lipinski definition) is 3. The third-order valence-corrected chi connectivity index (χ3v) is 4.16. The molecule has 2 aromatic rings. The molecule has 146 valence electrons. The highest BCUT2D eigenvalue weighted by Gasteiger charge is 2.30. The van der Waals surface area contributed by atoms with Gasteiger partial charge < -0.3 is 30.6 Å². The summed E-state index contributed by atoms with van der Waals surface area (Å²) in [4.78, 5) is 36.3. The molecular formula is C19H19N3O6. The van der Waals surface area contributed by atoms with Crippen molar-refractivity contribution >= 4 is 29.2 Å². The quantitative estimate of drug-likeness (QED) is 0.527. The first-order chi connectivity index (χ1) is 13.4. The molecule has 2 amide bonds. The van der Waals surface area contributed by atoms with Crippen LogP contribution in [0.1, 0.15) is 16.8 Å². The number of esters is 1. The molecule has 1 aliphatic heterocycles. The van der Waals surface area contributed by atoms with Crippen molar-refractivity contribution in [3.8, 4) is 17.2 Å². The van der Waals surface area contributed by atoms with Crippen LogP contribution in [-0.2, 0) is 14.3 Å². The highest BCUT2D eigenvalue weighted by Crippen LogP contribution is 2.34. The van der Waals surface area contributed by atoms with Gasteiger partial charge in [-0.15, -0.1) is 0 Å². The molecule has 0 saturated carbocycles. The zero-order valence-corrected chi connectivity index (χ0v) is 15.3. The number of nitrogen functional groups attached to an aromatic ring is 1. The SMILES string of the molecule is COC(=O)C[C@@H]1NC(=O)c2cc(Oc3ccc(OC)cc3)c(N)cc2NC1=O. The highest BCUT2D eigenvalue weighted by molar-refractivity contribution is 6.11. The number of carbonyl (C=O) groups is 3. The summed E-state index contributed by atoms with van der Waals surface area (Å²) in [7, 11) is 2.76. The van der Waals surface area contributed by atoms with Crippen LogP contribution in [0.2, 0.25) is 0 Å². The van der Waals surface area contributed by atoms with E-state index in [-0.39, 0.29) is 29.1 Å². The number of rotatable bonds is 5. The number of hydrogen-bond acceptors (Lipinski definition) is 7. The average Bonchev–Trinajstić information content (AvgIpc) is 2.79. The van der Waals surface area contributed by atoms with Crippen LogP contribution in [-0.4, -0.2) is 38.0 Å². The number of fused-ring (bicyclic) bond motifs is 1. The van der Waals surface area contributed by atoms with Gasteiger partial charge in [-0.3, -0.25) is 14.4 Å². The minimum Gasteiger partial charge on any atom is -0.497 e. The lowest BCUT2D eigenvalue weighted by atomic mass is 10.1. The van der Waals surface area contributed by atoms with Crippen LogP contribution in [0.15, 0.2) is 36.4 Å². The van der Waals surface area contributed by atoms with E-state index in [9.17, 15) is 14.4 Å². The number of benzene rings is 2. The second-order valence-electron chi connectivity index (χ2n) is 6.01. The first-order valence-electron chi connectivity index (χ1n) is 8.35. The summed E-state index contributed by atoms with van der Waals surface area (Å²) in [6.45, 7) is 0. The first kappa shape index (κ1) is 19.0. The Morgan fingerprint density at radius 2 is 1.79 bits per heavy atom. The van der Waals surface area contributed by atoms with Gasteiger partial charge in [0.15, 0.2) is 5.75 Å². The number of ether oxygens (including phenoxy) is 3. The highest BCUT2D eigenvalue weighted by atomic mass is 16.5. The zero-order chi connectivity index (χ0) is 20.3. The molecule has 0 unspecified atom stereocenters. The van der Waals surface area contributed by atoms with Gasteiger partial charge in [-0.25, -0.2) is 0 Å². The van der Waals surface area contributed by atoms with E-state index < -0.39 is 23.8 Å². The third kappa shape index (κ3) is 3.98. The lowest BCUT2D eigenvalue weighted by molar-refractivity contribution is -0.142. The fourth-order valence-corrected chi connectivity index (χ4v) is 2.66. The molecule has 0 spiro atoms. The maximum Gasteiger partial charge on any atom is 0.308 e. The maximum absolute atomic E-state index is 12.6. The van der Waals surface area contributed by atoms with Gasteiger partial charge in [-0.1, -0.05) is 0 Å². The summed E-state index contributed by atoms with van der Waals surface area (Å²) >= 11 is 0. The van der Waals surface area contributed by atoms with Crippen LogP contribution >= 0.6 is 0 Å². The van der Waals surface area contributed by atoms with Crippen molar-refractivity contribution in [3.63, 3.8) is 0 Å². The molecule has 0 aliphatic carbocycles. The molecule has 0 aromatic heterocycles. The standard InChI is InChI=1S/C19H19N3O6/c1-26-10-3-5-11(6-4-10)28-16-7-12-14(8-13(16)20)21-19(25)15(22-18(12)24)9-17(23)27-2/h3-8,15H,9,20H2,1-2H3,(H,21,25)(H,22,24)/t15-/m0/s1. The number of nitrogens with one attached hydrogen (secondary N) is 2. The Labute approximate surface area is 160 Å². The Balaban J connectivity index is 1.87. The van der Waals surface area contributed by atoms with Crippen molar-refractivity contribution < 1.29 is 28.6 Å². The Morgan fingerprint density at radius 3 is 2.43 bits per heavy atom. The van der Waals surface area contributed by atoms with Crippen molar-refractivity contribution in [2.45, 2.75) is 12.5 Å². The molecule has 1 atom stereocenters. The molecule has 0 saturated heterocycles. The number of carbonyl (C=O) groups excluding carboxylic acids is 3. The second-order valence-corrected chi connectivity index (χ2v) is 6.01. The van der Waals surface area contributed by atoms with Gasteiger partial charge >= 0.3 is 5.97 Å². The monoisotopic (exact) mass is 385 g/mol. The van der Waals surface area contributed by atoms with E-state index >= 15 is 0 Å². The van der Waals surface area contributed by atoms with Crippen LogP contribution in [0.3, 0.4) is 0 Å². The summed E-state index contributed by atoms with van der Waals surface area (Å²) in [5.41, 5.74) is 6.65. The molecule has 2 aromatic carbocycles. The predicted octanol–water partition coefficient (Wildman–Crippen LogP) is 1.68. The molecule has 9 nitrogen and oxygen atoms in total. The minimum atomic E-state index is -1.06. The molecule has 0 bridgehead atoms. The van der Waals surface area contributed by atoms with E-state index in [1.54, 1.807) is 31.4 Å². The first-order valence-corrected chi connectivity index (χ1v) is 8.35. The summed E-state index contributed by atoms with van der Waals surface area (Å²) in [6.07, 6.45) is -0.285. The minimum absolute atomic E-state index is 0.165. The lowest BCUT2D eigenvalue weighted by Gasteiger charge is -2.13. The van der Waals surface area contributed by atoms with Gasteiger partial charge in [0.2, 0.25) is 5.91 Å². The normalized spacial score (nSPS) is 15.6. The van der Waals surface area contributed by atoms with E-state index in [0.717, 1.165) is 0 Å². The van der Waals surface area contributed by atoms with Gasteiger partial charge in [0.05, 0.1) is 37.6 Å². The van der Waals surface area contributed by atoms with Gasteiger partial charge in [-0.2, -0.15) is 0 Å². The molecule has 1 heterocycles. The Morgan fingerprint density at radius 1 is 1.11 bits per heavy atom. The molecule has 28 heavy (non-hydrogen) atoms. The topological polar surface area (TPSA) is 129 Å². The molecule has 1 aliphatic rings. The average molecular weight is 385 g/mol. The van der Waals surface area contributed by atoms with Gasteiger partial charge in [0.25, 0.3) is 5.91 Å². The Kier molecular flexibility index (Phi) is 5.35. The fraction of sp³-hybridized carbons (Fsp3) is 0.211. The summed E-state index contributed by atoms with van der Waals surface area (Å²) < 4.78 is 15.4. The van der Waals surface area contributed by atoms with E-state index in [0.29, 0.717) is 11.5 Å². The van der Waals surface area contributed by atoms with Crippen molar-refractivity contribution in [2.24, 2.45) is 0 Å². The van der Waals surface area contributed by atoms with E-state index in [4.69, 9.17) is 15.2 Å². The summed E-state index contributed by atoms with van der Waals surface area (Å²) in [5, 5.41) is 5.11. The molecule has 0 fully saturated rings. The molecule has 4 N–H and O–H groups in total. The van der Waals surface area contributed by atoms with Gasteiger partial charge in [0.1, 0.15) is 17.5 Å². The van der Waals surface area contributed by atoms with E-state index in [1.165, 1.54) is 19.2 Å². The summed E-state index contributed by atoms with van der Waals surface area (Å²) in [5.74, 6) is -0.285. The smallest absolute Gasteiger partial charge is 0.308 e. The number of amides is 2. The maximum atomic E-state index is 12.6. The third-order valence-electron chi connectivity index (χ3n) is 4.16. The molecule has 9 heteroatoms. The van der Waals surface area contributed by atoms with Crippen LogP contribution < -0.4 is 25.8 Å². The van der Waals surface area contributed by atoms with E-state index in [1.807, 2.05) is 0 Å². The fourth-order valence-electron chi connectivity index (χ4n) is 2.66. The van der Waals surface area contributed by atoms with Crippen molar-refractivity contribution in [1.29, 1.82) is 0 Å². The second kappa shape index (κ2) is 7.87. The zero-order valence-electron chi connectivity index (χ0n) is 15.3. The van der Waals surface area contributed by atoms with Crippen molar-refractivity contribution in [3.05, 3.63) is 42.0 Å². The Hall–Kier alpha value is -3.75.